The Bertz CT molecular complexity index is 354. The maximum absolute atomic E-state index is 10.1. The maximum Gasteiger partial charge on any atom is 0.161 e. The van der Waals surface area contributed by atoms with Crippen LogP contribution in [0.25, 0.3) is 0 Å². The van der Waals surface area contributed by atoms with Gasteiger partial charge in [-0.15, -0.1) is 0 Å². The Morgan fingerprint density at radius 1 is 1.14 bits per heavy atom. The molecule has 2 rings (SSSR count). The van der Waals surface area contributed by atoms with Gasteiger partial charge in [-0.2, -0.15) is 0 Å². The van der Waals surface area contributed by atoms with E-state index in [2.05, 4.69) is 11.9 Å². The number of unbranched alkanes of at least 4 members (excludes halogenated alkanes) is 5. The van der Waals surface area contributed by atoms with E-state index in [0.29, 0.717) is 5.75 Å². The zero-order valence-electron chi connectivity index (χ0n) is 12.8. The molecule has 3 N–H and O–H groups in total. The summed E-state index contributed by atoms with van der Waals surface area (Å²) in [7, 11) is 0. The van der Waals surface area contributed by atoms with Gasteiger partial charge < -0.3 is 20.2 Å². The highest BCUT2D eigenvalue weighted by molar-refractivity contribution is 8.14. The number of amidine groups is 1. The smallest absolute Gasteiger partial charge is 0.161 e. The van der Waals surface area contributed by atoms with Gasteiger partial charge in [-0.3, -0.25) is 4.99 Å². The number of aliphatic hydroxyl groups excluding tert-OH is 3. The van der Waals surface area contributed by atoms with Crippen LogP contribution in [0.3, 0.4) is 0 Å². The molecule has 6 heteroatoms. The van der Waals surface area contributed by atoms with Crippen LogP contribution in [0.4, 0.5) is 0 Å². The van der Waals surface area contributed by atoms with Crippen LogP contribution in [0.1, 0.15) is 51.9 Å². The lowest BCUT2D eigenvalue weighted by Gasteiger charge is -2.41. The van der Waals surface area contributed by atoms with E-state index in [1.807, 2.05) is 0 Å². The first kappa shape index (κ1) is 17.1. The minimum atomic E-state index is -0.834. The van der Waals surface area contributed by atoms with E-state index in [0.717, 1.165) is 18.1 Å². The maximum atomic E-state index is 10.1. The normalized spacial score (nSPS) is 34.5. The Morgan fingerprint density at radius 2 is 1.86 bits per heavy atom. The van der Waals surface area contributed by atoms with E-state index < -0.39 is 18.4 Å². The van der Waals surface area contributed by atoms with Gasteiger partial charge in [-0.1, -0.05) is 50.8 Å². The van der Waals surface area contributed by atoms with Crippen LogP contribution in [0.2, 0.25) is 0 Å². The lowest BCUT2D eigenvalue weighted by atomic mass is 9.96. The van der Waals surface area contributed by atoms with E-state index in [-0.39, 0.29) is 12.5 Å². The Hall–Kier alpha value is -0.300. The fourth-order valence-corrected chi connectivity index (χ4v) is 4.25. The second kappa shape index (κ2) is 8.36. The average molecular weight is 316 g/mol. The van der Waals surface area contributed by atoms with Crippen LogP contribution in [0.5, 0.6) is 0 Å². The highest BCUT2D eigenvalue weighted by Gasteiger charge is 2.46. The van der Waals surface area contributed by atoms with Crippen molar-refractivity contribution < 1.29 is 15.3 Å². The molecule has 0 amide bonds. The molecule has 0 aliphatic carbocycles. The molecule has 0 radical (unpaired) electrons. The van der Waals surface area contributed by atoms with Gasteiger partial charge in [0.2, 0.25) is 0 Å². The first-order chi connectivity index (χ1) is 10.1. The standard InChI is InChI=1S/C15H28N2O3S/c1-2-3-4-5-6-7-8-16-15-17-11(10-21-15)14(20)12(18)9-13(17)19/h11-14,18-20H,2-10H2,1H3/t11?,12?,13-,14-/m1/s1. The van der Waals surface area contributed by atoms with Crippen molar-refractivity contribution in [3.05, 3.63) is 0 Å². The van der Waals surface area contributed by atoms with Crippen molar-refractivity contribution in [1.29, 1.82) is 0 Å². The van der Waals surface area contributed by atoms with Gasteiger partial charge in [0.05, 0.1) is 12.1 Å². The van der Waals surface area contributed by atoms with Crippen LogP contribution >= 0.6 is 11.8 Å². The van der Waals surface area contributed by atoms with E-state index in [1.54, 1.807) is 16.7 Å². The summed E-state index contributed by atoms with van der Waals surface area (Å²) in [4.78, 5) is 6.38. The van der Waals surface area contributed by atoms with E-state index in [9.17, 15) is 15.3 Å². The number of hydrogen-bond acceptors (Lipinski definition) is 5. The molecule has 2 unspecified atom stereocenters. The molecule has 4 atom stereocenters. The fourth-order valence-electron chi connectivity index (χ4n) is 2.99. The highest BCUT2D eigenvalue weighted by Crippen LogP contribution is 2.34. The molecule has 2 heterocycles. The van der Waals surface area contributed by atoms with E-state index in [4.69, 9.17) is 0 Å². The summed E-state index contributed by atoms with van der Waals surface area (Å²) in [5, 5.41) is 30.6. The molecule has 0 bridgehead atoms. The average Bonchev–Trinajstić information content (AvgIpc) is 2.88. The number of rotatable bonds is 7. The molecule has 5 nitrogen and oxygen atoms in total. The van der Waals surface area contributed by atoms with Crippen LogP contribution in [-0.2, 0) is 0 Å². The van der Waals surface area contributed by atoms with Crippen LogP contribution in [-0.4, -0.2) is 62.2 Å². The molecular formula is C15H28N2O3S. The number of nitrogens with zero attached hydrogens (tertiary/aromatic N) is 2. The van der Waals surface area contributed by atoms with Crippen LogP contribution in [0.15, 0.2) is 4.99 Å². The summed E-state index contributed by atoms with van der Waals surface area (Å²) in [6.07, 6.45) is 5.27. The molecule has 2 aliphatic rings. The monoisotopic (exact) mass is 316 g/mol. The predicted octanol–water partition coefficient (Wildman–Crippen LogP) is 1.56. The SMILES string of the molecule is CCCCCCCCN=C1SCC2[C@@H](O)C(O)C[C@@H](O)N12. The Kier molecular flexibility index (Phi) is 6.79. The number of fused-ring (bicyclic) bond motifs is 1. The lowest BCUT2D eigenvalue weighted by molar-refractivity contribution is -0.118. The first-order valence-electron chi connectivity index (χ1n) is 8.15. The lowest BCUT2D eigenvalue weighted by Crippen LogP contribution is -2.58. The molecule has 21 heavy (non-hydrogen) atoms. The molecule has 0 aromatic carbocycles. The number of thioether (sulfide) groups is 1. The van der Waals surface area contributed by atoms with Gasteiger partial charge in [-0.25, -0.2) is 0 Å². The second-order valence-corrected chi connectivity index (χ2v) is 6.98. The molecule has 122 valence electrons. The van der Waals surface area contributed by atoms with Crippen molar-refractivity contribution in [1.82, 2.24) is 4.90 Å². The van der Waals surface area contributed by atoms with Crippen LogP contribution < -0.4 is 0 Å². The van der Waals surface area contributed by atoms with Crippen molar-refractivity contribution in [2.45, 2.75) is 76.3 Å². The number of hydrogen-bond donors (Lipinski definition) is 3. The highest BCUT2D eigenvalue weighted by atomic mass is 32.2. The summed E-state index contributed by atoms with van der Waals surface area (Å²) in [5.41, 5.74) is 0. The number of aliphatic imine (C=N–C) groups is 1. The zero-order valence-corrected chi connectivity index (χ0v) is 13.6. The summed E-state index contributed by atoms with van der Waals surface area (Å²) in [6.45, 7) is 3.00. The van der Waals surface area contributed by atoms with Crippen molar-refractivity contribution in [2.24, 2.45) is 4.99 Å². The molecule has 0 aromatic rings. The summed E-state index contributed by atoms with van der Waals surface area (Å²) >= 11 is 1.57. The minimum absolute atomic E-state index is 0.189. The van der Waals surface area contributed by atoms with Crippen molar-refractivity contribution in [3.63, 3.8) is 0 Å². The van der Waals surface area contributed by atoms with Crippen LogP contribution in [0, 0.1) is 0 Å². The topological polar surface area (TPSA) is 76.3 Å². The van der Waals surface area contributed by atoms with Crippen molar-refractivity contribution >= 4 is 16.9 Å². The number of aliphatic hydroxyl groups is 3. The summed E-state index contributed by atoms with van der Waals surface area (Å²) in [6, 6.07) is -0.211. The van der Waals surface area contributed by atoms with Gasteiger partial charge in [0, 0.05) is 18.7 Å². The van der Waals surface area contributed by atoms with Crippen molar-refractivity contribution in [2.75, 3.05) is 12.3 Å². The first-order valence-corrected chi connectivity index (χ1v) is 9.13. The predicted molar refractivity (Wildman–Crippen MR) is 86.4 cm³/mol. The third-order valence-electron chi connectivity index (χ3n) is 4.28. The molecular weight excluding hydrogens is 288 g/mol. The minimum Gasteiger partial charge on any atom is -0.390 e. The molecule has 0 aromatic heterocycles. The molecule has 0 spiro atoms. The van der Waals surface area contributed by atoms with Gasteiger partial charge in [0.15, 0.2) is 5.17 Å². The molecule has 2 fully saturated rings. The third kappa shape index (κ3) is 4.34. The second-order valence-electron chi connectivity index (χ2n) is 5.99. The quantitative estimate of drug-likeness (QED) is 0.622. The largest absolute Gasteiger partial charge is 0.390 e. The van der Waals surface area contributed by atoms with Crippen molar-refractivity contribution in [3.8, 4) is 0 Å². The molecule has 2 aliphatic heterocycles. The Balaban J connectivity index is 1.77. The van der Waals surface area contributed by atoms with Gasteiger partial charge >= 0.3 is 0 Å². The summed E-state index contributed by atoms with van der Waals surface area (Å²) in [5.74, 6) is 0.685. The molecule has 2 saturated heterocycles. The molecule has 0 saturated carbocycles. The van der Waals surface area contributed by atoms with E-state index >= 15 is 0 Å². The van der Waals surface area contributed by atoms with Gasteiger partial charge in [0.25, 0.3) is 0 Å². The van der Waals surface area contributed by atoms with E-state index in [1.165, 1.54) is 32.1 Å². The Labute approximate surface area is 131 Å². The summed E-state index contributed by atoms with van der Waals surface area (Å²) < 4.78 is 0. The third-order valence-corrected chi connectivity index (χ3v) is 5.39. The fraction of sp³-hybridized carbons (Fsp3) is 0.933. The zero-order chi connectivity index (χ0) is 15.2. The Morgan fingerprint density at radius 3 is 2.62 bits per heavy atom. The number of piperidine rings is 1. The van der Waals surface area contributed by atoms with Gasteiger partial charge in [-0.05, 0) is 6.42 Å². The van der Waals surface area contributed by atoms with Gasteiger partial charge in [0.1, 0.15) is 12.3 Å².